The highest BCUT2D eigenvalue weighted by molar-refractivity contribution is 7.71. The molecule has 1 N–H and O–H groups in total. The van der Waals surface area contributed by atoms with Crippen molar-refractivity contribution in [2.24, 2.45) is 0 Å². The summed E-state index contributed by atoms with van der Waals surface area (Å²) >= 11 is 5.45. The Balaban J connectivity index is 2.00. The molecule has 1 saturated heterocycles. The minimum absolute atomic E-state index is 0.528. The van der Waals surface area contributed by atoms with Crippen LogP contribution in [0.4, 0.5) is 0 Å². The molecule has 1 atom stereocenters. The minimum Gasteiger partial charge on any atom is -0.331 e. The number of likely N-dealkylation sites (N-methyl/N-ethyl adjacent to an activating group) is 1. The topological polar surface area (TPSA) is 47.8 Å². The standard InChI is InChI=1S/C15H18N4S/c1-18-7-3-2-4-12(18)10-19-14-8-11(9-16)5-6-13(14)17-15(19)20/h5-6,8,12H,2-4,7,10H2,1H3,(H,17,20). The van der Waals surface area contributed by atoms with Crippen molar-refractivity contribution in [1.29, 1.82) is 5.26 Å². The molecule has 0 bridgehead atoms. The number of imidazole rings is 1. The molecule has 4 nitrogen and oxygen atoms in total. The maximum atomic E-state index is 9.05. The van der Waals surface area contributed by atoms with E-state index in [1.54, 1.807) is 0 Å². The van der Waals surface area contributed by atoms with Crippen LogP contribution in [0.5, 0.6) is 0 Å². The number of nitrogens with one attached hydrogen (secondary N) is 1. The third-order valence-electron chi connectivity index (χ3n) is 4.22. The lowest BCUT2D eigenvalue weighted by atomic mass is 10.0. The van der Waals surface area contributed by atoms with E-state index < -0.39 is 0 Å². The largest absolute Gasteiger partial charge is 0.331 e. The zero-order chi connectivity index (χ0) is 14.1. The summed E-state index contributed by atoms with van der Waals surface area (Å²) in [5, 5.41) is 9.05. The first-order valence-electron chi connectivity index (χ1n) is 7.02. The molecule has 1 aromatic heterocycles. The van der Waals surface area contributed by atoms with Crippen LogP contribution >= 0.6 is 12.2 Å². The smallest absolute Gasteiger partial charge is 0.178 e. The Kier molecular flexibility index (Phi) is 3.60. The van der Waals surface area contributed by atoms with Crippen LogP contribution in [0.3, 0.4) is 0 Å². The molecule has 0 radical (unpaired) electrons. The molecule has 1 aliphatic rings. The Morgan fingerprint density at radius 1 is 1.45 bits per heavy atom. The van der Waals surface area contributed by atoms with E-state index in [-0.39, 0.29) is 0 Å². The van der Waals surface area contributed by atoms with Gasteiger partial charge in [0.2, 0.25) is 0 Å². The van der Waals surface area contributed by atoms with E-state index in [4.69, 9.17) is 17.5 Å². The van der Waals surface area contributed by atoms with Crippen LogP contribution in [-0.2, 0) is 6.54 Å². The van der Waals surface area contributed by atoms with Crippen molar-refractivity contribution in [3.05, 3.63) is 28.5 Å². The Hall–Kier alpha value is -1.64. The van der Waals surface area contributed by atoms with Gasteiger partial charge in [0.05, 0.1) is 22.7 Å². The van der Waals surface area contributed by atoms with Crippen molar-refractivity contribution < 1.29 is 0 Å². The van der Waals surface area contributed by atoms with E-state index in [1.807, 2.05) is 18.2 Å². The van der Waals surface area contributed by atoms with Crippen molar-refractivity contribution >= 4 is 23.3 Å². The molecule has 3 rings (SSSR count). The summed E-state index contributed by atoms with van der Waals surface area (Å²) in [6.07, 6.45) is 3.78. The second-order valence-corrected chi connectivity index (χ2v) is 5.90. The van der Waals surface area contributed by atoms with Crippen molar-refractivity contribution in [3.63, 3.8) is 0 Å². The average Bonchev–Trinajstić information content (AvgIpc) is 2.77. The van der Waals surface area contributed by atoms with E-state index in [0.717, 1.165) is 28.9 Å². The number of H-pyrrole nitrogens is 1. The Morgan fingerprint density at radius 2 is 2.30 bits per heavy atom. The molecule has 0 aliphatic carbocycles. The zero-order valence-electron chi connectivity index (χ0n) is 11.6. The predicted octanol–water partition coefficient (Wildman–Crippen LogP) is 3.05. The monoisotopic (exact) mass is 286 g/mol. The normalized spacial score (nSPS) is 20.1. The summed E-state index contributed by atoms with van der Waals surface area (Å²) in [6.45, 7) is 2.05. The third-order valence-corrected chi connectivity index (χ3v) is 4.54. The number of piperidine rings is 1. The van der Waals surface area contributed by atoms with Crippen molar-refractivity contribution in [2.45, 2.75) is 31.8 Å². The lowest BCUT2D eigenvalue weighted by molar-refractivity contribution is 0.168. The lowest BCUT2D eigenvalue weighted by Gasteiger charge is -2.32. The first-order valence-corrected chi connectivity index (χ1v) is 7.43. The molecule has 20 heavy (non-hydrogen) atoms. The van der Waals surface area contributed by atoms with Gasteiger partial charge in [-0.15, -0.1) is 0 Å². The molecule has 0 spiro atoms. The average molecular weight is 286 g/mol. The van der Waals surface area contributed by atoms with Gasteiger partial charge in [-0.25, -0.2) is 0 Å². The molecule has 2 aromatic rings. The minimum atomic E-state index is 0.528. The number of nitriles is 1. The second kappa shape index (κ2) is 5.39. The summed E-state index contributed by atoms with van der Waals surface area (Å²) in [6, 6.07) is 8.40. The number of nitrogens with zero attached hydrogens (tertiary/aromatic N) is 3. The van der Waals surface area contributed by atoms with Crippen LogP contribution in [0.2, 0.25) is 0 Å². The first-order chi connectivity index (χ1) is 9.69. The fourth-order valence-electron chi connectivity index (χ4n) is 2.99. The fourth-order valence-corrected chi connectivity index (χ4v) is 3.27. The predicted molar refractivity (Wildman–Crippen MR) is 82.1 cm³/mol. The zero-order valence-corrected chi connectivity index (χ0v) is 12.4. The molecule has 1 unspecified atom stereocenters. The van der Waals surface area contributed by atoms with Gasteiger partial charge in [-0.2, -0.15) is 5.26 Å². The molecular weight excluding hydrogens is 268 g/mol. The van der Waals surface area contributed by atoms with Crippen LogP contribution in [0.25, 0.3) is 11.0 Å². The van der Waals surface area contributed by atoms with Gasteiger partial charge in [-0.1, -0.05) is 6.42 Å². The van der Waals surface area contributed by atoms with Gasteiger partial charge in [0.25, 0.3) is 0 Å². The van der Waals surface area contributed by atoms with Crippen LogP contribution in [0, 0.1) is 16.1 Å². The van der Waals surface area contributed by atoms with E-state index in [9.17, 15) is 0 Å². The number of hydrogen-bond acceptors (Lipinski definition) is 3. The van der Waals surface area contributed by atoms with Crippen molar-refractivity contribution in [2.75, 3.05) is 13.6 Å². The molecule has 2 heterocycles. The molecule has 5 heteroatoms. The summed E-state index contributed by atoms with van der Waals surface area (Å²) in [7, 11) is 2.18. The number of rotatable bonds is 2. The van der Waals surface area contributed by atoms with E-state index in [2.05, 4.69) is 27.6 Å². The lowest BCUT2D eigenvalue weighted by Crippen LogP contribution is -2.39. The van der Waals surface area contributed by atoms with Gasteiger partial charge in [0.1, 0.15) is 0 Å². The molecule has 1 fully saturated rings. The van der Waals surface area contributed by atoms with Gasteiger partial charge in [-0.3, -0.25) is 0 Å². The van der Waals surface area contributed by atoms with Gasteiger partial charge in [0.15, 0.2) is 4.77 Å². The summed E-state index contributed by atoms with van der Waals surface area (Å²) < 4.78 is 2.88. The fraction of sp³-hybridized carbons (Fsp3) is 0.467. The number of benzene rings is 1. The number of hydrogen-bond donors (Lipinski definition) is 1. The Labute approximate surface area is 123 Å². The van der Waals surface area contributed by atoms with Gasteiger partial charge in [-0.05, 0) is 56.9 Å². The molecule has 0 amide bonds. The molecular formula is C15H18N4S. The maximum absolute atomic E-state index is 9.05. The van der Waals surface area contributed by atoms with Gasteiger partial charge < -0.3 is 14.5 Å². The summed E-state index contributed by atoms with van der Waals surface area (Å²) in [5.74, 6) is 0. The Bertz CT molecular complexity index is 722. The number of aromatic nitrogens is 2. The molecule has 0 saturated carbocycles. The van der Waals surface area contributed by atoms with Crippen LogP contribution < -0.4 is 0 Å². The van der Waals surface area contributed by atoms with E-state index in [1.165, 1.54) is 19.3 Å². The third kappa shape index (κ3) is 2.37. The number of fused-ring (bicyclic) bond motifs is 1. The van der Waals surface area contributed by atoms with Gasteiger partial charge in [0, 0.05) is 12.6 Å². The van der Waals surface area contributed by atoms with E-state index in [0.29, 0.717) is 11.6 Å². The highest BCUT2D eigenvalue weighted by atomic mass is 32.1. The SMILES string of the molecule is CN1CCCCC1Cn1c(=S)[nH]c2ccc(C#N)cc21. The van der Waals surface area contributed by atoms with E-state index >= 15 is 0 Å². The second-order valence-electron chi connectivity index (χ2n) is 5.51. The summed E-state index contributed by atoms with van der Waals surface area (Å²) in [5.41, 5.74) is 2.72. The molecule has 1 aliphatic heterocycles. The highest BCUT2D eigenvalue weighted by Gasteiger charge is 2.20. The first kappa shape index (κ1) is 13.3. The van der Waals surface area contributed by atoms with Crippen LogP contribution in [0.1, 0.15) is 24.8 Å². The molecule has 104 valence electrons. The number of aromatic amines is 1. The highest BCUT2D eigenvalue weighted by Crippen LogP contribution is 2.21. The number of likely N-dealkylation sites (tertiary alicyclic amines) is 1. The van der Waals surface area contributed by atoms with Crippen molar-refractivity contribution in [3.8, 4) is 6.07 Å². The van der Waals surface area contributed by atoms with Crippen LogP contribution in [0.15, 0.2) is 18.2 Å². The van der Waals surface area contributed by atoms with Crippen molar-refractivity contribution in [1.82, 2.24) is 14.5 Å². The van der Waals surface area contributed by atoms with Crippen LogP contribution in [-0.4, -0.2) is 34.1 Å². The molecule has 1 aromatic carbocycles. The summed E-state index contributed by atoms with van der Waals surface area (Å²) in [4.78, 5) is 5.65. The Morgan fingerprint density at radius 3 is 3.05 bits per heavy atom. The van der Waals surface area contributed by atoms with Gasteiger partial charge >= 0.3 is 0 Å². The maximum Gasteiger partial charge on any atom is 0.178 e. The quantitative estimate of drug-likeness (QED) is 0.863.